The summed E-state index contributed by atoms with van der Waals surface area (Å²) in [6, 6.07) is 11.6. The summed E-state index contributed by atoms with van der Waals surface area (Å²) < 4.78 is 68.6. The van der Waals surface area contributed by atoms with Crippen molar-refractivity contribution in [3.63, 3.8) is 0 Å². The van der Waals surface area contributed by atoms with E-state index < -0.39 is 27.5 Å². The molecule has 0 fully saturated rings. The summed E-state index contributed by atoms with van der Waals surface area (Å²) in [5, 5.41) is 0.583. The van der Waals surface area contributed by atoms with Gasteiger partial charge in [-0.15, -0.1) is 0 Å². The maximum Gasteiger partial charge on any atom is 0.340 e. The molecule has 11 heteroatoms. The lowest BCUT2D eigenvalue weighted by Crippen LogP contribution is -2.31. The third kappa shape index (κ3) is 5.52. The normalized spacial score (nSPS) is 11.6. The molecule has 2 aromatic heterocycles. The zero-order valence-electron chi connectivity index (χ0n) is 19.5. The van der Waals surface area contributed by atoms with Crippen molar-refractivity contribution in [2.45, 2.75) is 26.7 Å². The molecule has 0 saturated carbocycles. The molecule has 0 radical (unpaired) electrons. The van der Waals surface area contributed by atoms with Gasteiger partial charge in [-0.2, -0.15) is 13.1 Å². The first-order chi connectivity index (χ1) is 17.2. The molecule has 4 rings (SSSR count). The summed E-state index contributed by atoms with van der Waals surface area (Å²) in [6.07, 6.45) is 1.84. The van der Waals surface area contributed by atoms with Crippen LogP contribution in [0.3, 0.4) is 0 Å². The zero-order valence-corrected chi connectivity index (χ0v) is 20.3. The second kappa shape index (κ2) is 10.4. The van der Waals surface area contributed by atoms with Crippen molar-refractivity contribution in [3.8, 4) is 11.6 Å². The predicted octanol–water partition coefficient (Wildman–Crippen LogP) is 4.81. The monoisotopic (exact) mass is 515 g/mol. The quantitative estimate of drug-likeness (QED) is 0.310. The van der Waals surface area contributed by atoms with Crippen molar-refractivity contribution in [2.24, 2.45) is 0 Å². The van der Waals surface area contributed by atoms with Gasteiger partial charge in [0.05, 0.1) is 5.69 Å². The van der Waals surface area contributed by atoms with E-state index in [2.05, 4.69) is 14.4 Å². The maximum absolute atomic E-state index is 15.1. The van der Waals surface area contributed by atoms with Crippen LogP contribution >= 0.6 is 0 Å². The highest BCUT2D eigenvalue weighted by Crippen LogP contribution is 2.29. The lowest BCUT2D eigenvalue weighted by Gasteiger charge is -2.13. The SMILES string of the molecule is CCCNS(=O)(=O)Nc1cccc(Cc2c(C)c3ccc(Oc4ncccc4F)cc3oc2=O)c1F. The minimum Gasteiger partial charge on any atom is -0.436 e. The fourth-order valence-electron chi connectivity index (χ4n) is 3.60. The van der Waals surface area contributed by atoms with Crippen LogP contribution in [0.1, 0.15) is 30.0 Å². The molecule has 4 aromatic rings. The Hall–Kier alpha value is -3.83. The Labute approximate surface area is 206 Å². The third-order valence-corrected chi connectivity index (χ3v) is 6.50. The maximum atomic E-state index is 15.1. The van der Waals surface area contributed by atoms with Gasteiger partial charge in [-0.3, -0.25) is 4.72 Å². The van der Waals surface area contributed by atoms with Gasteiger partial charge >= 0.3 is 5.63 Å². The van der Waals surface area contributed by atoms with Crippen LogP contribution in [-0.2, 0) is 16.6 Å². The van der Waals surface area contributed by atoms with Crippen molar-refractivity contribution in [1.29, 1.82) is 0 Å². The smallest absolute Gasteiger partial charge is 0.340 e. The Morgan fingerprint density at radius 3 is 2.67 bits per heavy atom. The van der Waals surface area contributed by atoms with Gasteiger partial charge in [0, 0.05) is 36.2 Å². The van der Waals surface area contributed by atoms with Crippen LogP contribution < -0.4 is 19.8 Å². The van der Waals surface area contributed by atoms with Crippen molar-refractivity contribution in [2.75, 3.05) is 11.3 Å². The Morgan fingerprint density at radius 2 is 1.92 bits per heavy atom. The van der Waals surface area contributed by atoms with E-state index in [1.54, 1.807) is 26.0 Å². The second-order valence-corrected chi connectivity index (χ2v) is 9.50. The highest BCUT2D eigenvalue weighted by molar-refractivity contribution is 7.90. The number of nitrogens with one attached hydrogen (secondary N) is 2. The van der Waals surface area contributed by atoms with Gasteiger partial charge in [-0.1, -0.05) is 19.1 Å². The molecule has 0 amide bonds. The number of hydrogen-bond acceptors (Lipinski definition) is 6. The molecule has 0 aliphatic rings. The standard InChI is InChI=1S/C25H23F2N3O5S/c1-3-11-29-36(32,33)30-21-8-4-6-16(23(21)27)13-19-15(2)18-10-9-17(14-22(18)35-25(19)31)34-24-20(26)7-5-12-28-24/h4-10,12,14,29-30H,3,11,13H2,1-2H3. The predicted molar refractivity (Wildman–Crippen MR) is 132 cm³/mol. The van der Waals surface area contributed by atoms with Gasteiger partial charge in [0.2, 0.25) is 0 Å². The average Bonchev–Trinajstić information content (AvgIpc) is 2.84. The summed E-state index contributed by atoms with van der Waals surface area (Å²) in [5.74, 6) is -1.43. The summed E-state index contributed by atoms with van der Waals surface area (Å²) in [6.45, 7) is 3.71. The molecule has 2 N–H and O–H groups in total. The Bertz CT molecular complexity index is 1590. The number of ether oxygens (including phenoxy) is 1. The lowest BCUT2D eigenvalue weighted by atomic mass is 9.99. The molecular formula is C25H23F2N3O5S. The molecule has 0 spiro atoms. The summed E-state index contributed by atoms with van der Waals surface area (Å²) >= 11 is 0. The van der Waals surface area contributed by atoms with E-state index in [-0.39, 0.29) is 47.0 Å². The van der Waals surface area contributed by atoms with Crippen LogP contribution in [0.5, 0.6) is 11.6 Å². The van der Waals surface area contributed by atoms with E-state index in [9.17, 15) is 17.6 Å². The number of halogens is 2. The molecule has 0 aliphatic carbocycles. The number of anilines is 1. The van der Waals surface area contributed by atoms with Crippen LogP contribution in [0.4, 0.5) is 14.5 Å². The molecule has 2 aromatic carbocycles. The topological polar surface area (TPSA) is 111 Å². The fourth-order valence-corrected chi connectivity index (χ4v) is 4.60. The van der Waals surface area contributed by atoms with E-state index in [1.807, 2.05) is 0 Å². The fraction of sp³-hybridized carbons (Fsp3) is 0.200. The lowest BCUT2D eigenvalue weighted by molar-refractivity contribution is 0.422. The number of pyridine rings is 1. The molecule has 0 bridgehead atoms. The van der Waals surface area contributed by atoms with Crippen LogP contribution in [0, 0.1) is 18.6 Å². The molecule has 0 atom stereocenters. The number of nitrogens with zero attached hydrogens (tertiary/aromatic N) is 1. The number of benzene rings is 2. The van der Waals surface area contributed by atoms with Crippen LogP contribution in [-0.4, -0.2) is 19.9 Å². The van der Waals surface area contributed by atoms with E-state index in [4.69, 9.17) is 9.15 Å². The Kier molecular flexibility index (Phi) is 7.32. The van der Waals surface area contributed by atoms with Crippen LogP contribution in [0.15, 0.2) is 63.9 Å². The number of aryl methyl sites for hydroxylation is 1. The summed E-state index contributed by atoms with van der Waals surface area (Å²) in [4.78, 5) is 16.6. The first-order valence-corrected chi connectivity index (χ1v) is 12.6. The summed E-state index contributed by atoms with van der Waals surface area (Å²) in [7, 11) is -3.94. The van der Waals surface area contributed by atoms with E-state index in [0.717, 1.165) is 0 Å². The highest BCUT2D eigenvalue weighted by Gasteiger charge is 2.18. The minimum atomic E-state index is -3.94. The third-order valence-electron chi connectivity index (χ3n) is 5.43. The molecule has 2 heterocycles. The first-order valence-electron chi connectivity index (χ1n) is 11.1. The number of hydrogen-bond donors (Lipinski definition) is 2. The average molecular weight is 516 g/mol. The molecule has 8 nitrogen and oxygen atoms in total. The van der Waals surface area contributed by atoms with Gasteiger partial charge in [0.1, 0.15) is 11.3 Å². The number of aromatic nitrogens is 1. The first kappa shape index (κ1) is 25.3. The molecule has 0 aliphatic heterocycles. The van der Waals surface area contributed by atoms with Gasteiger partial charge in [0.25, 0.3) is 16.1 Å². The van der Waals surface area contributed by atoms with Crippen molar-refractivity contribution < 1.29 is 26.4 Å². The van der Waals surface area contributed by atoms with Crippen molar-refractivity contribution in [1.82, 2.24) is 9.71 Å². The molecule has 0 saturated heterocycles. The molecule has 36 heavy (non-hydrogen) atoms. The second-order valence-electron chi connectivity index (χ2n) is 8.00. The van der Waals surface area contributed by atoms with Crippen molar-refractivity contribution in [3.05, 3.63) is 93.5 Å². The van der Waals surface area contributed by atoms with Crippen LogP contribution in [0.25, 0.3) is 11.0 Å². The molecule has 0 unspecified atom stereocenters. The van der Waals surface area contributed by atoms with E-state index >= 15 is 4.39 Å². The Balaban J connectivity index is 1.64. The Morgan fingerprint density at radius 1 is 1.11 bits per heavy atom. The van der Waals surface area contributed by atoms with Gasteiger partial charge in [-0.05, 0) is 54.8 Å². The van der Waals surface area contributed by atoms with Crippen LogP contribution in [0.2, 0.25) is 0 Å². The largest absolute Gasteiger partial charge is 0.436 e. The minimum absolute atomic E-state index is 0.117. The number of fused-ring (bicyclic) bond motifs is 1. The summed E-state index contributed by atoms with van der Waals surface area (Å²) in [5.41, 5.74) is 0.186. The van der Waals surface area contributed by atoms with Gasteiger partial charge in [0.15, 0.2) is 11.6 Å². The number of rotatable bonds is 9. The van der Waals surface area contributed by atoms with Gasteiger partial charge < -0.3 is 9.15 Å². The molecule has 188 valence electrons. The van der Waals surface area contributed by atoms with Gasteiger partial charge in [-0.25, -0.2) is 18.6 Å². The zero-order chi connectivity index (χ0) is 25.9. The molecular weight excluding hydrogens is 492 g/mol. The van der Waals surface area contributed by atoms with Crippen molar-refractivity contribution >= 4 is 26.9 Å². The van der Waals surface area contributed by atoms with E-state index in [0.29, 0.717) is 17.4 Å². The highest BCUT2D eigenvalue weighted by atomic mass is 32.2. The van der Waals surface area contributed by atoms with E-state index in [1.165, 1.54) is 42.6 Å².